The van der Waals surface area contributed by atoms with Crippen LogP contribution in [0.3, 0.4) is 0 Å². The lowest BCUT2D eigenvalue weighted by Gasteiger charge is -2.28. The third kappa shape index (κ3) is 4.68. The molecular weight excluding hydrogens is 573 g/mol. The van der Waals surface area contributed by atoms with Crippen molar-refractivity contribution in [1.29, 1.82) is 0 Å². The lowest BCUT2D eigenvalue weighted by Crippen LogP contribution is -2.31. The third-order valence-corrected chi connectivity index (χ3v) is 7.30. The zero-order valence-corrected chi connectivity index (χ0v) is 24.2. The maximum atomic E-state index is 14.1. The van der Waals surface area contributed by atoms with Gasteiger partial charge >= 0.3 is 6.09 Å². The molecule has 0 bridgehead atoms. The highest BCUT2D eigenvalue weighted by atomic mass is 35.5. The average molecular weight is 598 g/mol. The van der Waals surface area contributed by atoms with Crippen LogP contribution in [0.5, 0.6) is 5.88 Å². The molecule has 1 unspecified atom stereocenters. The van der Waals surface area contributed by atoms with Crippen molar-refractivity contribution < 1.29 is 19.4 Å². The maximum Gasteiger partial charge on any atom is 0.413 e. The highest BCUT2D eigenvalue weighted by Gasteiger charge is 2.45. The first-order valence-corrected chi connectivity index (χ1v) is 13.2. The predicted octanol–water partition coefficient (Wildman–Crippen LogP) is 4.66. The fraction of sp³-hybridized carbons (Fsp3) is 0.259. The molecule has 41 heavy (non-hydrogen) atoms. The van der Waals surface area contributed by atoms with Crippen molar-refractivity contribution >= 4 is 46.8 Å². The Bertz CT molecular complexity index is 1720. The van der Waals surface area contributed by atoms with Gasteiger partial charge in [0.15, 0.2) is 5.69 Å². The van der Waals surface area contributed by atoms with E-state index in [1.165, 1.54) is 31.0 Å². The van der Waals surface area contributed by atoms with E-state index < -0.39 is 18.0 Å². The first-order chi connectivity index (χ1) is 19.4. The molecule has 212 valence electrons. The van der Waals surface area contributed by atoms with Gasteiger partial charge in [-0.3, -0.25) is 14.5 Å². The van der Waals surface area contributed by atoms with Gasteiger partial charge in [0.2, 0.25) is 11.8 Å². The number of carboxylic acid groups (broad SMARTS) is 1. The second kappa shape index (κ2) is 10.5. The van der Waals surface area contributed by atoms with Crippen LogP contribution in [0.4, 0.5) is 16.4 Å². The fourth-order valence-corrected chi connectivity index (χ4v) is 5.25. The summed E-state index contributed by atoms with van der Waals surface area (Å²) in [5.74, 6) is -0.568. The number of rotatable bonds is 6. The van der Waals surface area contributed by atoms with Crippen molar-refractivity contribution in [2.75, 3.05) is 24.0 Å². The summed E-state index contributed by atoms with van der Waals surface area (Å²) in [5.41, 5.74) is 2.64. The van der Waals surface area contributed by atoms with Crippen LogP contribution in [0.15, 0.2) is 47.5 Å². The van der Waals surface area contributed by atoms with E-state index in [0.29, 0.717) is 27.7 Å². The van der Waals surface area contributed by atoms with Gasteiger partial charge < -0.3 is 14.4 Å². The van der Waals surface area contributed by atoms with Crippen LogP contribution < -0.4 is 20.1 Å². The van der Waals surface area contributed by atoms with Crippen molar-refractivity contribution in [3.63, 3.8) is 0 Å². The van der Waals surface area contributed by atoms with E-state index in [9.17, 15) is 19.5 Å². The number of pyridine rings is 1. The van der Waals surface area contributed by atoms with Gasteiger partial charge in [0.25, 0.3) is 11.5 Å². The Labute approximate surface area is 244 Å². The van der Waals surface area contributed by atoms with Gasteiger partial charge in [0.05, 0.1) is 30.7 Å². The number of amides is 2. The van der Waals surface area contributed by atoms with Crippen LogP contribution in [-0.4, -0.2) is 55.6 Å². The third-order valence-electron chi connectivity index (χ3n) is 6.78. The van der Waals surface area contributed by atoms with Gasteiger partial charge in [-0.25, -0.2) is 19.4 Å². The van der Waals surface area contributed by atoms with Gasteiger partial charge in [-0.15, -0.1) is 0 Å². The van der Waals surface area contributed by atoms with E-state index >= 15 is 0 Å². The Morgan fingerprint density at radius 1 is 1.17 bits per heavy atom. The molecule has 0 saturated heterocycles. The molecule has 12 nitrogen and oxygen atoms in total. The van der Waals surface area contributed by atoms with E-state index in [4.69, 9.17) is 33.0 Å². The molecular formula is C27H25Cl2N7O5. The van der Waals surface area contributed by atoms with Crippen molar-refractivity contribution in [3.8, 4) is 11.6 Å². The minimum atomic E-state index is -1.24. The second-order valence-electron chi connectivity index (χ2n) is 9.71. The molecule has 0 radical (unpaired) electrons. The minimum absolute atomic E-state index is 0.0281. The molecule has 5 rings (SSSR count). The van der Waals surface area contributed by atoms with Gasteiger partial charge in [0.1, 0.15) is 10.7 Å². The number of nitrogens with zero attached hydrogens (tertiary/aromatic N) is 7. The van der Waals surface area contributed by atoms with Crippen molar-refractivity contribution in [2.24, 2.45) is 7.05 Å². The number of hydrogen-bond acceptors (Lipinski definition) is 7. The summed E-state index contributed by atoms with van der Waals surface area (Å²) < 4.78 is 8.38. The number of hydrogen-bond donors (Lipinski definition) is 1. The number of anilines is 2. The number of aromatic nitrogens is 5. The van der Waals surface area contributed by atoms with Crippen molar-refractivity contribution in [3.05, 3.63) is 85.6 Å². The van der Waals surface area contributed by atoms with Gasteiger partial charge in [0, 0.05) is 30.9 Å². The van der Waals surface area contributed by atoms with Gasteiger partial charge in [-0.1, -0.05) is 49.2 Å². The van der Waals surface area contributed by atoms with Crippen molar-refractivity contribution in [2.45, 2.75) is 25.8 Å². The molecule has 0 saturated carbocycles. The Hall–Kier alpha value is -4.42. The fourth-order valence-electron chi connectivity index (χ4n) is 4.88. The number of fused-ring (bicyclic) bond motifs is 1. The molecule has 0 spiro atoms. The summed E-state index contributed by atoms with van der Waals surface area (Å²) in [6.07, 6.45) is 1.72. The molecule has 3 aromatic heterocycles. The summed E-state index contributed by atoms with van der Waals surface area (Å²) in [6.45, 7) is 3.92. The smallest absolute Gasteiger partial charge is 0.413 e. The van der Waals surface area contributed by atoms with Crippen LogP contribution in [0.25, 0.3) is 5.69 Å². The van der Waals surface area contributed by atoms with E-state index in [1.807, 2.05) is 26.0 Å². The number of aryl methyl sites for hydroxylation is 1. The van der Waals surface area contributed by atoms with E-state index in [-0.39, 0.29) is 34.0 Å². The molecule has 2 amide bonds. The zero-order chi connectivity index (χ0) is 29.7. The molecule has 0 aliphatic carbocycles. The standard InChI is InChI=1S/C27H25Cl2N7O5/c1-13(2)21-19-20(32-36(21)18-11-30-26(31-23(18)41-5)34(4)27(39)40)25(38)35(16-10-17(29)24(37)33(3)12-16)22(19)14-6-8-15(28)9-7-14/h6-13,22H,1-5H3,(H,39,40). The van der Waals surface area contributed by atoms with E-state index in [2.05, 4.69) is 9.97 Å². The lowest BCUT2D eigenvalue weighted by atomic mass is 9.94. The number of carbonyl (C=O) groups is 2. The first kappa shape index (κ1) is 28.1. The molecule has 14 heteroatoms. The van der Waals surface area contributed by atoms with Crippen LogP contribution in [0.1, 0.15) is 53.1 Å². The number of halogens is 2. The molecule has 1 aromatic carbocycles. The Morgan fingerprint density at radius 2 is 1.85 bits per heavy atom. The SMILES string of the molecule is COc1nc(N(C)C(=O)O)ncc1-n1nc2c(c1C(C)C)C(c1ccc(Cl)cc1)N(c1cc(Cl)c(=O)n(C)c1)C2=O. The van der Waals surface area contributed by atoms with E-state index in [1.54, 1.807) is 35.0 Å². The monoisotopic (exact) mass is 597 g/mol. The number of carbonyl (C=O) groups excluding carboxylic acids is 1. The second-order valence-corrected chi connectivity index (χ2v) is 10.6. The summed E-state index contributed by atoms with van der Waals surface area (Å²) >= 11 is 12.4. The maximum absolute atomic E-state index is 14.1. The zero-order valence-electron chi connectivity index (χ0n) is 22.7. The van der Waals surface area contributed by atoms with Crippen molar-refractivity contribution in [1.82, 2.24) is 24.3 Å². The van der Waals surface area contributed by atoms with Crippen LogP contribution in [0.2, 0.25) is 10.0 Å². The number of ether oxygens (including phenoxy) is 1. The van der Waals surface area contributed by atoms with Crippen LogP contribution in [0, 0.1) is 0 Å². The minimum Gasteiger partial charge on any atom is -0.479 e. The summed E-state index contributed by atoms with van der Waals surface area (Å²) in [6, 6.07) is 7.95. The Morgan fingerprint density at radius 3 is 2.44 bits per heavy atom. The lowest BCUT2D eigenvalue weighted by molar-refractivity contribution is 0.0988. The summed E-state index contributed by atoms with van der Waals surface area (Å²) in [4.78, 5) is 48.7. The highest BCUT2D eigenvalue weighted by molar-refractivity contribution is 6.31. The quantitative estimate of drug-likeness (QED) is 0.339. The number of benzene rings is 1. The normalized spacial score (nSPS) is 14.5. The molecule has 4 aromatic rings. The number of methoxy groups -OCH3 is 1. The van der Waals surface area contributed by atoms with Crippen LogP contribution in [-0.2, 0) is 7.05 Å². The largest absolute Gasteiger partial charge is 0.479 e. The molecule has 0 fully saturated rings. The Kier molecular flexibility index (Phi) is 7.22. The van der Waals surface area contributed by atoms with Gasteiger partial charge in [-0.2, -0.15) is 10.1 Å². The molecule has 1 aliphatic heterocycles. The highest BCUT2D eigenvalue weighted by Crippen LogP contribution is 2.46. The summed E-state index contributed by atoms with van der Waals surface area (Å²) in [7, 11) is 4.27. The average Bonchev–Trinajstić information content (AvgIpc) is 3.46. The molecule has 1 N–H and O–H groups in total. The van der Waals surface area contributed by atoms with Crippen LogP contribution >= 0.6 is 23.2 Å². The topological polar surface area (TPSA) is 136 Å². The molecule has 1 atom stereocenters. The van der Waals surface area contributed by atoms with Gasteiger partial charge in [-0.05, 0) is 29.7 Å². The Balaban J connectivity index is 1.76. The predicted molar refractivity (Wildman–Crippen MR) is 153 cm³/mol. The molecule has 4 heterocycles. The molecule has 1 aliphatic rings. The first-order valence-electron chi connectivity index (χ1n) is 12.4. The summed E-state index contributed by atoms with van der Waals surface area (Å²) in [5, 5.41) is 14.6. The van der Waals surface area contributed by atoms with E-state index in [0.717, 1.165) is 10.5 Å².